The fourth-order valence-corrected chi connectivity index (χ4v) is 4.71. The highest BCUT2D eigenvalue weighted by Gasteiger charge is 2.22. The van der Waals surface area contributed by atoms with Crippen LogP contribution in [0.3, 0.4) is 0 Å². The summed E-state index contributed by atoms with van der Waals surface area (Å²) in [5, 5.41) is 1.77. The van der Waals surface area contributed by atoms with Crippen LogP contribution in [0, 0.1) is 5.82 Å². The Morgan fingerprint density at radius 1 is 1.03 bits per heavy atom. The minimum atomic E-state index is -0.948. The van der Waals surface area contributed by atoms with Crippen LogP contribution < -0.4 is 0 Å². The third-order valence-electron chi connectivity index (χ3n) is 4.98. The molecular weight excluding hydrogens is 428 g/mol. The molecule has 2 unspecified atom stereocenters. The molecule has 0 amide bonds. The Bertz CT molecular complexity index is 1200. The predicted molar refractivity (Wildman–Crippen MR) is 120 cm³/mol. The maximum Gasteiger partial charge on any atom is 0.141 e. The van der Waals surface area contributed by atoms with Crippen LogP contribution in [-0.4, -0.2) is 15.4 Å². The highest BCUT2D eigenvalue weighted by atomic mass is 35.5. The number of aromatic amines is 1. The standard InChI is InChI=1S/C23H18Cl2FNOS/c1-29(28)13-16-3-2-4-18-19(12-27-23(16)18)22(14-5-8-17(24)9-6-14)15-7-10-21(26)20(25)11-15/h2-12,22,27H,13H2,1H3. The lowest BCUT2D eigenvalue weighted by Crippen LogP contribution is -2.03. The van der Waals surface area contributed by atoms with Gasteiger partial charge in [-0.1, -0.05) is 59.6 Å². The van der Waals surface area contributed by atoms with E-state index in [2.05, 4.69) is 4.98 Å². The zero-order chi connectivity index (χ0) is 20.5. The Balaban J connectivity index is 1.93. The highest BCUT2D eigenvalue weighted by Crippen LogP contribution is 2.38. The maximum absolute atomic E-state index is 13.8. The molecule has 0 saturated carbocycles. The number of rotatable bonds is 5. The molecule has 0 spiro atoms. The first kappa shape index (κ1) is 20.1. The van der Waals surface area contributed by atoms with Gasteiger partial charge in [0.25, 0.3) is 0 Å². The lowest BCUT2D eigenvalue weighted by atomic mass is 9.85. The Kier molecular flexibility index (Phi) is 5.77. The van der Waals surface area contributed by atoms with Crippen molar-refractivity contribution in [2.75, 3.05) is 6.26 Å². The van der Waals surface area contributed by atoms with Crippen LogP contribution in [0.1, 0.15) is 28.2 Å². The van der Waals surface area contributed by atoms with Crippen LogP contribution in [0.15, 0.2) is 66.9 Å². The number of aromatic nitrogens is 1. The molecule has 0 bridgehead atoms. The van der Waals surface area contributed by atoms with E-state index in [1.807, 2.05) is 48.7 Å². The van der Waals surface area contributed by atoms with Gasteiger partial charge in [-0.05, 0) is 46.5 Å². The smallest absolute Gasteiger partial charge is 0.141 e. The third-order valence-corrected chi connectivity index (χ3v) is 6.24. The van der Waals surface area contributed by atoms with E-state index < -0.39 is 16.6 Å². The SMILES string of the molecule is CS(=O)Cc1cccc2c(C(c3ccc(Cl)cc3)c3ccc(F)c(Cl)c3)c[nH]c12. The van der Waals surface area contributed by atoms with Gasteiger partial charge in [0.05, 0.1) is 10.8 Å². The molecule has 0 aliphatic heterocycles. The van der Waals surface area contributed by atoms with Crippen LogP contribution in [0.25, 0.3) is 10.9 Å². The minimum Gasteiger partial charge on any atom is -0.361 e. The zero-order valence-corrected chi connectivity index (χ0v) is 17.9. The Labute approximate surface area is 181 Å². The van der Waals surface area contributed by atoms with Crippen molar-refractivity contribution in [2.24, 2.45) is 0 Å². The van der Waals surface area contributed by atoms with Crippen molar-refractivity contribution in [2.45, 2.75) is 11.7 Å². The van der Waals surface area contributed by atoms with Crippen molar-refractivity contribution in [1.82, 2.24) is 4.98 Å². The lowest BCUT2D eigenvalue weighted by Gasteiger charge is -2.19. The van der Waals surface area contributed by atoms with E-state index in [1.54, 1.807) is 18.4 Å². The number of hydrogen-bond acceptors (Lipinski definition) is 1. The van der Waals surface area contributed by atoms with Gasteiger partial charge in [-0.3, -0.25) is 4.21 Å². The Morgan fingerprint density at radius 3 is 2.45 bits per heavy atom. The summed E-state index contributed by atoms with van der Waals surface area (Å²) in [6.45, 7) is 0. The number of fused-ring (bicyclic) bond motifs is 1. The second-order valence-corrected chi connectivity index (χ2v) is 9.24. The molecule has 1 heterocycles. The van der Waals surface area contributed by atoms with Crippen LogP contribution in [-0.2, 0) is 16.6 Å². The fourth-order valence-electron chi connectivity index (χ4n) is 3.72. The number of para-hydroxylation sites is 1. The van der Waals surface area contributed by atoms with E-state index in [0.29, 0.717) is 10.8 Å². The summed E-state index contributed by atoms with van der Waals surface area (Å²) in [5.74, 6) is -0.135. The summed E-state index contributed by atoms with van der Waals surface area (Å²) < 4.78 is 25.6. The summed E-state index contributed by atoms with van der Waals surface area (Å²) >= 11 is 12.2. The van der Waals surface area contributed by atoms with E-state index >= 15 is 0 Å². The average Bonchev–Trinajstić information content (AvgIpc) is 3.11. The maximum atomic E-state index is 13.8. The zero-order valence-electron chi connectivity index (χ0n) is 15.6. The summed E-state index contributed by atoms with van der Waals surface area (Å²) in [6.07, 6.45) is 3.66. The number of halogens is 3. The molecule has 0 radical (unpaired) electrons. The van der Waals surface area contributed by atoms with E-state index in [9.17, 15) is 8.60 Å². The normalized spacial score (nSPS) is 13.5. The number of nitrogens with one attached hydrogen (secondary N) is 1. The molecule has 1 N–H and O–H groups in total. The second kappa shape index (κ2) is 8.31. The summed E-state index contributed by atoms with van der Waals surface area (Å²) in [5.41, 5.74) is 4.90. The number of benzene rings is 3. The molecule has 1 aromatic heterocycles. The largest absolute Gasteiger partial charge is 0.361 e. The average molecular weight is 446 g/mol. The summed E-state index contributed by atoms with van der Waals surface area (Å²) in [7, 11) is -0.948. The molecule has 2 atom stereocenters. The molecule has 29 heavy (non-hydrogen) atoms. The van der Waals surface area contributed by atoms with E-state index in [4.69, 9.17) is 23.2 Å². The summed E-state index contributed by atoms with van der Waals surface area (Å²) in [4.78, 5) is 3.35. The fraction of sp³-hybridized carbons (Fsp3) is 0.130. The molecule has 0 fully saturated rings. The van der Waals surface area contributed by atoms with Gasteiger partial charge < -0.3 is 4.98 Å². The second-order valence-electron chi connectivity index (χ2n) is 6.96. The molecule has 148 valence electrons. The quantitative estimate of drug-likeness (QED) is 0.365. The first-order chi connectivity index (χ1) is 13.9. The minimum absolute atomic E-state index is 0.0865. The first-order valence-electron chi connectivity index (χ1n) is 9.03. The van der Waals surface area contributed by atoms with Crippen molar-refractivity contribution in [3.63, 3.8) is 0 Å². The van der Waals surface area contributed by atoms with Gasteiger partial charge in [0, 0.05) is 45.1 Å². The molecular formula is C23H18Cl2FNOS. The third kappa shape index (κ3) is 4.11. The van der Waals surface area contributed by atoms with E-state index in [1.165, 1.54) is 6.07 Å². The molecule has 0 aliphatic carbocycles. The van der Waals surface area contributed by atoms with Crippen LogP contribution in [0.4, 0.5) is 4.39 Å². The molecule has 3 aromatic carbocycles. The van der Waals surface area contributed by atoms with Crippen molar-refractivity contribution < 1.29 is 8.60 Å². The molecule has 6 heteroatoms. The van der Waals surface area contributed by atoms with Crippen molar-refractivity contribution in [3.05, 3.63) is 105 Å². The highest BCUT2D eigenvalue weighted by molar-refractivity contribution is 7.83. The van der Waals surface area contributed by atoms with Gasteiger partial charge in [-0.2, -0.15) is 0 Å². The van der Waals surface area contributed by atoms with Gasteiger partial charge in [-0.25, -0.2) is 4.39 Å². The topological polar surface area (TPSA) is 32.9 Å². The van der Waals surface area contributed by atoms with Crippen molar-refractivity contribution in [3.8, 4) is 0 Å². The molecule has 4 aromatic rings. The van der Waals surface area contributed by atoms with Crippen LogP contribution >= 0.6 is 23.2 Å². The molecule has 4 rings (SSSR count). The van der Waals surface area contributed by atoms with Gasteiger partial charge in [0.2, 0.25) is 0 Å². The molecule has 2 nitrogen and oxygen atoms in total. The van der Waals surface area contributed by atoms with Crippen molar-refractivity contribution >= 4 is 44.9 Å². The van der Waals surface area contributed by atoms with E-state index in [0.717, 1.165) is 33.2 Å². The van der Waals surface area contributed by atoms with Crippen LogP contribution in [0.5, 0.6) is 0 Å². The molecule has 0 aliphatic rings. The van der Waals surface area contributed by atoms with E-state index in [-0.39, 0.29) is 10.9 Å². The predicted octanol–water partition coefficient (Wildman–Crippen LogP) is 6.67. The summed E-state index contributed by atoms with van der Waals surface area (Å²) in [6, 6.07) is 18.4. The monoisotopic (exact) mass is 445 g/mol. The van der Waals surface area contributed by atoms with Gasteiger partial charge in [0.15, 0.2) is 0 Å². The number of H-pyrrole nitrogens is 1. The number of hydrogen-bond donors (Lipinski definition) is 1. The first-order valence-corrected chi connectivity index (χ1v) is 11.5. The van der Waals surface area contributed by atoms with Gasteiger partial charge in [-0.15, -0.1) is 0 Å². The van der Waals surface area contributed by atoms with Gasteiger partial charge in [0.1, 0.15) is 5.82 Å². The Morgan fingerprint density at radius 2 is 1.76 bits per heavy atom. The Hall–Kier alpha value is -2.14. The lowest BCUT2D eigenvalue weighted by molar-refractivity contribution is 0.627. The van der Waals surface area contributed by atoms with Crippen LogP contribution in [0.2, 0.25) is 10.0 Å². The van der Waals surface area contributed by atoms with Crippen molar-refractivity contribution in [1.29, 1.82) is 0 Å². The van der Waals surface area contributed by atoms with Gasteiger partial charge >= 0.3 is 0 Å². The molecule has 0 saturated heterocycles.